The van der Waals surface area contributed by atoms with Crippen molar-refractivity contribution in [2.75, 3.05) is 6.61 Å². The fourth-order valence-corrected chi connectivity index (χ4v) is 12.2. The summed E-state index contributed by atoms with van der Waals surface area (Å²) in [7, 11) is 0. The molecule has 3 heterocycles. The number of nitrogens with zero attached hydrogens (tertiary/aromatic N) is 1. The van der Waals surface area contributed by atoms with Crippen molar-refractivity contribution in [3.05, 3.63) is 210 Å². The van der Waals surface area contributed by atoms with E-state index in [9.17, 15) is 39.6 Å². The number of carboxylic acids is 1. The lowest BCUT2D eigenvalue weighted by atomic mass is 9.79. The van der Waals surface area contributed by atoms with E-state index in [-0.39, 0.29) is 54.8 Å². The number of aryl methyl sites for hydroxylation is 5. The molecule has 84 heavy (non-hydrogen) atoms. The van der Waals surface area contributed by atoms with Gasteiger partial charge in [0.15, 0.2) is 28.9 Å². The number of hydrogen-bond acceptors (Lipinski definition) is 13. The summed E-state index contributed by atoms with van der Waals surface area (Å²) >= 11 is 5.00. The number of aliphatic hydroxyl groups is 5. The molecule has 5 aromatic carbocycles. The molecule has 5 unspecified atom stereocenters. The number of carboxylic acid groups (broad SMARTS) is 1. The largest absolute Gasteiger partial charge is 0.478 e. The molecular weight excluding hydrogens is 1080 g/mol. The maximum atomic E-state index is 12.6. The molecule has 1 aliphatic heterocycles. The molecule has 0 bridgehead atoms. The first-order valence-electron chi connectivity index (χ1n) is 29.4. The van der Waals surface area contributed by atoms with Gasteiger partial charge in [-0.1, -0.05) is 91.0 Å². The molecule has 7 aromatic rings. The van der Waals surface area contributed by atoms with E-state index in [1.165, 1.54) is 29.2 Å². The highest BCUT2D eigenvalue weighted by atomic mass is 32.1. The molecule has 0 radical (unpaired) electrons. The lowest BCUT2D eigenvalue weighted by Gasteiger charge is -2.24. The lowest BCUT2D eigenvalue weighted by molar-refractivity contribution is -0.169. The van der Waals surface area contributed by atoms with E-state index in [1.54, 1.807) is 12.1 Å². The summed E-state index contributed by atoms with van der Waals surface area (Å²) in [4.78, 5) is 57.6. The van der Waals surface area contributed by atoms with Crippen LogP contribution in [0.2, 0.25) is 0 Å². The Balaban J connectivity index is 0.000000135. The maximum Gasteiger partial charge on any atom is 0.336 e. The summed E-state index contributed by atoms with van der Waals surface area (Å²) in [5.41, 5.74) is 14.4. The number of carbonyl (C=O) groups is 4. The summed E-state index contributed by atoms with van der Waals surface area (Å²) in [5, 5.41) is 56.5. The molecule has 17 heteroatoms. The van der Waals surface area contributed by atoms with Crippen molar-refractivity contribution < 1.29 is 59.3 Å². The third-order valence-corrected chi connectivity index (χ3v) is 16.4. The molecule has 9 N–H and O–H groups in total. The fraction of sp³-hybridized carbons (Fsp3) is 0.403. The number of hydrogen-bond donors (Lipinski definition) is 9. The van der Waals surface area contributed by atoms with E-state index in [0.29, 0.717) is 48.2 Å². The van der Waals surface area contributed by atoms with Crippen molar-refractivity contribution in [1.29, 1.82) is 0 Å². The summed E-state index contributed by atoms with van der Waals surface area (Å²) in [6, 6.07) is 31.0. The number of aromatic nitrogens is 4. The molecule has 0 amide bonds. The van der Waals surface area contributed by atoms with Crippen molar-refractivity contribution >= 4 is 36.0 Å². The molecule has 5 aliphatic carbocycles. The average molecular weight is 1160 g/mol. The number of fused-ring (bicyclic) bond motifs is 5. The van der Waals surface area contributed by atoms with Crippen molar-refractivity contribution in [3.8, 4) is 0 Å². The van der Waals surface area contributed by atoms with Crippen molar-refractivity contribution in [2.45, 2.75) is 160 Å². The van der Waals surface area contributed by atoms with E-state index < -0.39 is 12.1 Å². The van der Waals surface area contributed by atoms with Crippen LogP contribution in [0.25, 0.3) is 0 Å². The standard InChI is InChI=1S/C16H20O3.C15H16N2O2S.C11H12O3.C11H14O2.C10H12O.C4H4N2O/c17-14-8-4-6-12-5-3-7-13(16(12)14)11-19-15-9-1-2-10-18-15;18-8-11-3-1-2-9-4-5-10(14(19)13(9)11)6-12-7-16-15(20)17-12;12-9-6-2-4-7-3-1-5-8(10(7)9)11(13)14;12-7-9-5-1-3-8-4-2-6-10(13)11(8)9;11-10-7-3-5-8-4-1-2-6-9(8)10;7-2-4-1-5-3-6-4/h3,5,7,15H,1-2,4,6,8-11H2;1-3,7,10,18H,4-6,8H2,(H2,16,17,20);1,3,5,9,12H,2,4,6H2,(H,13,14);1,3,5,10,12-13H,2,4,6-7H2;1-2,4,6,10-11H,3,5,7H2;1-3H,(H,5,6). The second-order valence-corrected chi connectivity index (χ2v) is 22.3. The van der Waals surface area contributed by atoms with Crippen LogP contribution in [0.15, 0.2) is 116 Å². The average Bonchev–Trinajstić information content (AvgIpc) is 3.21. The molecular formula is C67H78N4O12S. The minimum atomic E-state index is -0.956. The van der Waals surface area contributed by atoms with Gasteiger partial charge >= 0.3 is 5.97 Å². The molecule has 5 atom stereocenters. The van der Waals surface area contributed by atoms with Crippen LogP contribution in [0.3, 0.4) is 0 Å². The Morgan fingerprint density at radius 3 is 1.89 bits per heavy atom. The summed E-state index contributed by atoms with van der Waals surface area (Å²) < 4.78 is 12.0. The predicted molar refractivity (Wildman–Crippen MR) is 320 cm³/mol. The number of Topliss-reactive ketones (excluding diaryl/α,β-unsaturated/α-hetero) is 2. The Hall–Kier alpha value is -7.06. The predicted octanol–water partition coefficient (Wildman–Crippen LogP) is 11.4. The molecule has 6 aliphatic rings. The van der Waals surface area contributed by atoms with Crippen LogP contribution < -0.4 is 0 Å². The quantitative estimate of drug-likeness (QED) is 0.0481. The van der Waals surface area contributed by atoms with Gasteiger partial charge < -0.3 is 55.1 Å². The molecule has 444 valence electrons. The number of aldehydes is 1. The van der Waals surface area contributed by atoms with Crippen LogP contribution in [0.5, 0.6) is 0 Å². The Kier molecular flexibility index (Phi) is 23.8. The third kappa shape index (κ3) is 16.8. The zero-order valence-electron chi connectivity index (χ0n) is 47.5. The van der Waals surface area contributed by atoms with Crippen LogP contribution in [-0.2, 0) is 67.8 Å². The normalized spacial score (nSPS) is 19.9. The number of ether oxygens (including phenoxy) is 2. The van der Waals surface area contributed by atoms with Crippen molar-refractivity contribution in [2.24, 2.45) is 5.92 Å². The highest BCUT2D eigenvalue weighted by Crippen LogP contribution is 2.35. The molecule has 2 aromatic heterocycles. The highest BCUT2D eigenvalue weighted by Gasteiger charge is 2.30. The molecule has 13 rings (SSSR count). The van der Waals surface area contributed by atoms with E-state index >= 15 is 0 Å². The van der Waals surface area contributed by atoms with Gasteiger partial charge in [0.2, 0.25) is 0 Å². The number of rotatable bonds is 9. The number of H-pyrrole nitrogens is 3. The van der Waals surface area contributed by atoms with E-state index in [0.717, 1.165) is 159 Å². The smallest absolute Gasteiger partial charge is 0.336 e. The topological polar surface area (TPSA) is 268 Å². The van der Waals surface area contributed by atoms with Crippen LogP contribution in [0, 0.1) is 10.7 Å². The van der Waals surface area contributed by atoms with Crippen LogP contribution >= 0.6 is 12.2 Å². The zero-order valence-corrected chi connectivity index (χ0v) is 48.3. The van der Waals surface area contributed by atoms with E-state index in [2.05, 4.69) is 32.1 Å². The molecule has 1 saturated heterocycles. The number of imidazole rings is 2. The number of nitrogens with one attached hydrogen (secondary N) is 3. The van der Waals surface area contributed by atoms with Crippen LogP contribution in [-0.4, -0.2) is 87.3 Å². The van der Waals surface area contributed by atoms with Gasteiger partial charge in [-0.3, -0.25) is 14.4 Å². The molecule has 0 saturated carbocycles. The minimum Gasteiger partial charge on any atom is -0.478 e. The van der Waals surface area contributed by atoms with E-state index in [1.807, 2.05) is 79.0 Å². The molecule has 1 fully saturated rings. The Labute approximate surface area is 495 Å². The third-order valence-electron chi connectivity index (χ3n) is 16.2. The second kappa shape index (κ2) is 31.7. The number of aromatic amines is 3. The van der Waals surface area contributed by atoms with Gasteiger partial charge in [-0.2, -0.15) is 0 Å². The first-order chi connectivity index (χ1) is 40.9. The van der Waals surface area contributed by atoms with Gasteiger partial charge in [0.1, 0.15) is 0 Å². The maximum absolute atomic E-state index is 12.6. The Morgan fingerprint density at radius 2 is 1.26 bits per heavy atom. The highest BCUT2D eigenvalue weighted by molar-refractivity contribution is 7.71. The van der Waals surface area contributed by atoms with Crippen LogP contribution in [0.1, 0.15) is 204 Å². The summed E-state index contributed by atoms with van der Waals surface area (Å²) in [6.45, 7) is 1.21. The zero-order chi connectivity index (χ0) is 59.4. The number of benzene rings is 5. The Morgan fingerprint density at radius 1 is 0.643 bits per heavy atom. The minimum absolute atomic E-state index is 0.0280. The van der Waals surface area contributed by atoms with Gasteiger partial charge in [-0.15, -0.1) is 0 Å². The SMILES string of the molecule is O=C(O)c1cccc2c1C(O)CCC2.O=C1CCCc2cccc(COC3CCCCO3)c21.O=C1c2c(CO)cccc2CCC1Cc1c[nH]c(=S)[nH]1.O=Cc1cnc[nH]1.OC1CCCc2ccccc21.OCc1cccc2c1C(O)CCC2. The molecule has 0 spiro atoms. The second-order valence-electron chi connectivity index (χ2n) is 21.9. The van der Waals surface area contributed by atoms with Gasteiger partial charge in [0.05, 0.1) is 61.9 Å². The first kappa shape index (κ1) is 63.0. The monoisotopic (exact) mass is 1160 g/mol. The Bertz CT molecular complexity index is 3320. The number of aliphatic hydroxyl groups excluding tert-OH is 5. The summed E-state index contributed by atoms with van der Waals surface area (Å²) in [5.74, 6) is -0.596. The number of ketones is 2. The number of carbonyl (C=O) groups excluding carboxylic acids is 3. The lowest BCUT2D eigenvalue weighted by Crippen LogP contribution is -2.26. The van der Waals surface area contributed by atoms with Gasteiger partial charge in [-0.05, 0) is 189 Å². The van der Waals surface area contributed by atoms with Gasteiger partial charge in [-0.25, -0.2) is 9.78 Å². The first-order valence-corrected chi connectivity index (χ1v) is 29.8. The van der Waals surface area contributed by atoms with Crippen LogP contribution in [0.4, 0.5) is 0 Å². The molecule has 16 nitrogen and oxygen atoms in total. The van der Waals surface area contributed by atoms with E-state index in [4.69, 9.17) is 31.9 Å². The summed E-state index contributed by atoms with van der Waals surface area (Å²) in [6.07, 6.45) is 21.0. The fourth-order valence-electron chi connectivity index (χ4n) is 12.0. The number of aromatic carboxylic acids is 1. The van der Waals surface area contributed by atoms with Crippen molar-refractivity contribution in [3.63, 3.8) is 0 Å². The van der Waals surface area contributed by atoms with Gasteiger partial charge in [0, 0.05) is 42.0 Å². The van der Waals surface area contributed by atoms with Crippen molar-refractivity contribution in [1.82, 2.24) is 19.9 Å². The van der Waals surface area contributed by atoms with Gasteiger partial charge in [0.25, 0.3) is 0 Å².